The Morgan fingerprint density at radius 2 is 2.14 bits per heavy atom. The number of ether oxygens (including phenoxy) is 1. The van der Waals surface area contributed by atoms with Crippen molar-refractivity contribution in [1.82, 2.24) is 9.55 Å². The molecule has 0 atom stereocenters. The van der Waals surface area contributed by atoms with Gasteiger partial charge in [0.1, 0.15) is 23.1 Å². The highest BCUT2D eigenvalue weighted by Crippen LogP contribution is 2.41. The molecule has 0 unspecified atom stereocenters. The second-order valence-electron chi connectivity index (χ2n) is 5.59. The van der Waals surface area contributed by atoms with Gasteiger partial charge in [0.25, 0.3) is 0 Å². The van der Waals surface area contributed by atoms with Gasteiger partial charge in [0.2, 0.25) is 0 Å². The van der Waals surface area contributed by atoms with Crippen molar-refractivity contribution in [2.75, 3.05) is 12.3 Å². The molecule has 1 saturated carbocycles. The molecule has 1 aromatic heterocycles. The van der Waals surface area contributed by atoms with Crippen molar-refractivity contribution in [1.29, 1.82) is 0 Å². The van der Waals surface area contributed by atoms with Crippen LogP contribution in [0.5, 0.6) is 5.75 Å². The van der Waals surface area contributed by atoms with Gasteiger partial charge in [-0.25, -0.2) is 4.98 Å². The van der Waals surface area contributed by atoms with E-state index in [1.54, 1.807) is 0 Å². The largest absolute Gasteiger partial charge is 0.494 e. The zero-order valence-corrected chi connectivity index (χ0v) is 12.8. The molecule has 1 fully saturated rings. The number of hydrogen-bond acceptors (Lipinski definition) is 3. The highest BCUT2D eigenvalue weighted by atomic mass is 16.5. The van der Waals surface area contributed by atoms with Crippen molar-refractivity contribution >= 4 is 5.82 Å². The number of nitrogen functional groups attached to an aromatic ring is 1. The van der Waals surface area contributed by atoms with Crippen LogP contribution >= 0.6 is 0 Å². The topological polar surface area (TPSA) is 53.1 Å². The predicted octanol–water partition coefficient (Wildman–Crippen LogP) is 3.82. The van der Waals surface area contributed by atoms with Gasteiger partial charge in [-0.05, 0) is 31.4 Å². The lowest BCUT2D eigenvalue weighted by atomic mass is 10.1. The molecule has 2 aromatic rings. The van der Waals surface area contributed by atoms with Gasteiger partial charge in [0.05, 0.1) is 6.61 Å². The molecule has 0 spiro atoms. The number of hydrogen-bond donors (Lipinski definition) is 1. The van der Waals surface area contributed by atoms with Crippen molar-refractivity contribution in [2.45, 2.75) is 45.6 Å². The van der Waals surface area contributed by atoms with Gasteiger partial charge >= 0.3 is 0 Å². The third kappa shape index (κ3) is 2.75. The summed E-state index contributed by atoms with van der Waals surface area (Å²) in [7, 11) is 0. The van der Waals surface area contributed by atoms with Crippen molar-refractivity contribution in [2.24, 2.45) is 0 Å². The number of rotatable bonds is 6. The fourth-order valence-corrected chi connectivity index (χ4v) is 2.65. The summed E-state index contributed by atoms with van der Waals surface area (Å²) in [6, 6.07) is 8.62. The van der Waals surface area contributed by atoms with Crippen molar-refractivity contribution in [3.05, 3.63) is 30.1 Å². The molecule has 1 aliphatic rings. The zero-order chi connectivity index (χ0) is 14.8. The molecule has 2 N–H and O–H groups in total. The molecule has 4 heteroatoms. The van der Waals surface area contributed by atoms with Crippen LogP contribution in [0, 0.1) is 0 Å². The van der Waals surface area contributed by atoms with Crippen molar-refractivity contribution in [3.63, 3.8) is 0 Å². The van der Waals surface area contributed by atoms with E-state index in [0.29, 0.717) is 6.04 Å². The van der Waals surface area contributed by atoms with E-state index in [1.807, 2.05) is 24.3 Å². The van der Waals surface area contributed by atoms with E-state index >= 15 is 0 Å². The van der Waals surface area contributed by atoms with E-state index in [9.17, 15) is 0 Å². The van der Waals surface area contributed by atoms with Gasteiger partial charge in [0, 0.05) is 18.0 Å². The van der Waals surface area contributed by atoms with Crippen molar-refractivity contribution < 1.29 is 4.74 Å². The minimum atomic E-state index is 0.556. The maximum atomic E-state index is 6.36. The second-order valence-corrected chi connectivity index (χ2v) is 5.59. The molecule has 4 nitrogen and oxygen atoms in total. The maximum Gasteiger partial charge on any atom is 0.131 e. The number of nitrogens with two attached hydrogens (primary N) is 1. The van der Waals surface area contributed by atoms with E-state index in [0.717, 1.165) is 48.1 Å². The fraction of sp³-hybridized carbons (Fsp3) is 0.471. The number of aromatic nitrogens is 2. The summed E-state index contributed by atoms with van der Waals surface area (Å²) < 4.78 is 7.92. The molecule has 1 aliphatic carbocycles. The maximum absolute atomic E-state index is 6.36. The van der Waals surface area contributed by atoms with E-state index in [1.165, 1.54) is 12.8 Å². The van der Waals surface area contributed by atoms with Gasteiger partial charge in [-0.2, -0.15) is 0 Å². The van der Waals surface area contributed by atoms with Gasteiger partial charge in [0.15, 0.2) is 0 Å². The third-order valence-corrected chi connectivity index (χ3v) is 3.83. The quantitative estimate of drug-likeness (QED) is 0.878. The van der Waals surface area contributed by atoms with Gasteiger partial charge < -0.3 is 15.0 Å². The normalized spacial score (nSPS) is 14.4. The molecule has 0 radical (unpaired) electrons. The van der Waals surface area contributed by atoms with E-state index in [2.05, 4.69) is 18.4 Å². The number of nitrogens with zero attached hydrogens (tertiary/aromatic N) is 2. The Kier molecular flexibility index (Phi) is 3.86. The first kappa shape index (κ1) is 14.0. The summed E-state index contributed by atoms with van der Waals surface area (Å²) in [5, 5.41) is 0. The predicted molar refractivity (Wildman–Crippen MR) is 85.5 cm³/mol. The van der Waals surface area contributed by atoms with Gasteiger partial charge in [-0.1, -0.05) is 26.0 Å². The molecule has 1 aromatic carbocycles. The monoisotopic (exact) mass is 285 g/mol. The summed E-state index contributed by atoms with van der Waals surface area (Å²) in [4.78, 5) is 4.76. The summed E-state index contributed by atoms with van der Waals surface area (Å²) >= 11 is 0. The molecule has 0 bridgehead atoms. The SMILES string of the molecule is CCCOc1cccc(-c2nc(CC)n(C3CC3)c2N)c1. The summed E-state index contributed by atoms with van der Waals surface area (Å²) in [5.74, 6) is 2.76. The van der Waals surface area contributed by atoms with Crippen LogP contribution in [0.4, 0.5) is 5.82 Å². The summed E-state index contributed by atoms with van der Waals surface area (Å²) in [6.45, 7) is 4.97. The van der Waals surface area contributed by atoms with Crippen LogP contribution in [0.2, 0.25) is 0 Å². The Labute approximate surface area is 125 Å². The number of benzene rings is 1. The average molecular weight is 285 g/mol. The van der Waals surface area contributed by atoms with Gasteiger partial charge in [-0.15, -0.1) is 0 Å². The highest BCUT2D eigenvalue weighted by molar-refractivity contribution is 5.72. The van der Waals surface area contributed by atoms with E-state index in [-0.39, 0.29) is 0 Å². The first-order chi connectivity index (χ1) is 10.2. The molecule has 112 valence electrons. The average Bonchev–Trinajstić information content (AvgIpc) is 3.28. The zero-order valence-electron chi connectivity index (χ0n) is 12.8. The molecule has 0 aliphatic heterocycles. The Hall–Kier alpha value is -1.97. The number of anilines is 1. The number of aryl methyl sites for hydroxylation is 1. The molecule has 21 heavy (non-hydrogen) atoms. The minimum Gasteiger partial charge on any atom is -0.494 e. The smallest absolute Gasteiger partial charge is 0.131 e. The van der Waals surface area contributed by atoms with E-state index in [4.69, 9.17) is 15.5 Å². The van der Waals surface area contributed by atoms with Crippen molar-refractivity contribution in [3.8, 4) is 17.0 Å². The van der Waals surface area contributed by atoms with Crippen LogP contribution in [0.15, 0.2) is 24.3 Å². The Morgan fingerprint density at radius 3 is 2.81 bits per heavy atom. The van der Waals surface area contributed by atoms with Crippen LogP contribution in [0.25, 0.3) is 11.3 Å². The number of imidazole rings is 1. The minimum absolute atomic E-state index is 0.556. The first-order valence-corrected chi connectivity index (χ1v) is 7.84. The lowest BCUT2D eigenvalue weighted by Crippen LogP contribution is -2.04. The van der Waals surface area contributed by atoms with Crippen LogP contribution in [0.3, 0.4) is 0 Å². The van der Waals surface area contributed by atoms with Crippen LogP contribution in [-0.2, 0) is 6.42 Å². The third-order valence-electron chi connectivity index (χ3n) is 3.83. The highest BCUT2D eigenvalue weighted by Gasteiger charge is 2.29. The second kappa shape index (κ2) is 5.80. The summed E-state index contributed by atoms with van der Waals surface area (Å²) in [5.41, 5.74) is 8.29. The summed E-state index contributed by atoms with van der Waals surface area (Å²) in [6.07, 6.45) is 4.34. The lowest BCUT2D eigenvalue weighted by Gasteiger charge is -2.08. The molecular formula is C17H23N3O. The molecule has 0 amide bonds. The lowest BCUT2D eigenvalue weighted by molar-refractivity contribution is 0.317. The Morgan fingerprint density at radius 1 is 1.33 bits per heavy atom. The van der Waals surface area contributed by atoms with Gasteiger partial charge in [-0.3, -0.25) is 0 Å². The first-order valence-electron chi connectivity index (χ1n) is 7.84. The molecule has 3 rings (SSSR count). The Bertz CT molecular complexity index is 629. The Balaban J connectivity index is 1.96. The van der Waals surface area contributed by atoms with Crippen LogP contribution in [0.1, 0.15) is 45.0 Å². The fourth-order valence-electron chi connectivity index (χ4n) is 2.65. The molecule has 0 saturated heterocycles. The van der Waals surface area contributed by atoms with E-state index < -0.39 is 0 Å². The standard InChI is InChI=1S/C17H23N3O/c1-3-10-21-14-7-5-6-12(11-14)16-17(18)20(13-8-9-13)15(4-2)19-16/h5-7,11,13H,3-4,8-10,18H2,1-2H3. The molecule has 1 heterocycles. The van der Waals surface area contributed by atoms with Crippen LogP contribution in [-0.4, -0.2) is 16.2 Å². The molecular weight excluding hydrogens is 262 g/mol. The van der Waals surface area contributed by atoms with Crippen LogP contribution < -0.4 is 10.5 Å².